The minimum absolute atomic E-state index is 0.0582. The summed E-state index contributed by atoms with van der Waals surface area (Å²) in [5.41, 5.74) is 3.75. The summed E-state index contributed by atoms with van der Waals surface area (Å²) in [5.74, 6) is 5.83. The molecule has 246 valence electrons. The topological polar surface area (TPSA) is 140 Å². The van der Waals surface area contributed by atoms with E-state index in [0.29, 0.717) is 19.4 Å². The van der Waals surface area contributed by atoms with Crippen molar-refractivity contribution >= 4 is 25.4 Å². The van der Waals surface area contributed by atoms with Crippen molar-refractivity contribution in [3.8, 4) is 11.8 Å². The molecule has 0 heterocycles. The third-order valence-corrected chi connectivity index (χ3v) is 7.99. The second kappa shape index (κ2) is 21.4. The number of unbranched alkanes of at least 4 members (excludes halogenated alkanes) is 3. The molecule has 0 saturated heterocycles. The second-order valence-electron chi connectivity index (χ2n) is 10.2. The van der Waals surface area contributed by atoms with Crippen LogP contribution in [0.3, 0.4) is 0 Å². The molecule has 11 heteroatoms. The number of benzene rings is 2. The third-order valence-electron chi connectivity index (χ3n) is 7.02. The zero-order valence-electron chi connectivity index (χ0n) is 26.6. The molecule has 0 aliphatic heterocycles. The van der Waals surface area contributed by atoms with E-state index < -0.39 is 7.82 Å². The maximum absolute atomic E-state index is 13.3. The Bertz CT molecular complexity index is 1340. The van der Waals surface area contributed by atoms with Gasteiger partial charge in [-0.05, 0) is 42.5 Å². The molecule has 0 radical (unpaired) electrons. The molecule has 2 amide bonds. The normalized spacial score (nSPS) is 14.4. The van der Waals surface area contributed by atoms with Crippen LogP contribution in [0.4, 0.5) is 0 Å². The Balaban J connectivity index is 0.00000345. The van der Waals surface area contributed by atoms with Crippen LogP contribution in [0.25, 0.3) is 0 Å². The highest BCUT2D eigenvalue weighted by molar-refractivity contribution is 7.47. The number of Topliss-reactive ketones (excluding diaryl/α,β-unsaturated/α-hetero) is 1. The van der Waals surface area contributed by atoms with Crippen molar-refractivity contribution in [2.24, 2.45) is 0 Å². The lowest BCUT2D eigenvalue weighted by Gasteiger charge is -2.20. The summed E-state index contributed by atoms with van der Waals surface area (Å²) in [4.78, 5) is 46.6. The van der Waals surface area contributed by atoms with Gasteiger partial charge in [0, 0.05) is 56.5 Å². The van der Waals surface area contributed by atoms with Crippen molar-refractivity contribution in [1.29, 1.82) is 0 Å². The van der Waals surface area contributed by atoms with E-state index in [-0.39, 0.29) is 69.1 Å². The standard InChI is InChI=1S/C32H41N2O8P.C2H6/c1-40-43(38,39)42-21-9-3-2-8-19-33-31(36)17-22-41-23-18-32(37)34-20-16-30(35)29-24-27-12-5-4-10-25(27)14-15-26-11-6-7-13-28(26)29;1-2/h4-7,10-13,29H,2-3,8-9,16-24H2,1H3,(H,33,36)(H,34,37)(H,38,39);1-2H3. The van der Waals surface area contributed by atoms with Crippen molar-refractivity contribution in [2.45, 2.75) is 71.1 Å². The minimum atomic E-state index is -3.91. The maximum Gasteiger partial charge on any atom is 0.471 e. The smallest absolute Gasteiger partial charge is 0.380 e. The maximum atomic E-state index is 13.3. The fourth-order valence-electron chi connectivity index (χ4n) is 4.64. The second-order valence-corrected chi connectivity index (χ2v) is 11.7. The van der Waals surface area contributed by atoms with Crippen LogP contribution >= 0.6 is 7.82 Å². The molecule has 0 fully saturated rings. The zero-order valence-corrected chi connectivity index (χ0v) is 27.5. The predicted molar refractivity (Wildman–Crippen MR) is 174 cm³/mol. The average molecular weight is 643 g/mol. The van der Waals surface area contributed by atoms with Crippen LogP contribution in [-0.4, -0.2) is 62.5 Å². The van der Waals surface area contributed by atoms with Crippen LogP contribution < -0.4 is 10.6 Å². The third kappa shape index (κ3) is 14.5. The fourth-order valence-corrected chi connectivity index (χ4v) is 5.10. The van der Waals surface area contributed by atoms with Gasteiger partial charge in [0.15, 0.2) is 0 Å². The van der Waals surface area contributed by atoms with Crippen LogP contribution in [0.1, 0.15) is 87.0 Å². The number of phosphoric ester groups is 1. The lowest BCUT2D eigenvalue weighted by Crippen LogP contribution is -2.29. The highest BCUT2D eigenvalue weighted by atomic mass is 31.2. The molecule has 2 unspecified atom stereocenters. The van der Waals surface area contributed by atoms with Gasteiger partial charge in [0.05, 0.1) is 19.8 Å². The number of hydrogen-bond donors (Lipinski definition) is 3. The molecular weight excluding hydrogens is 595 g/mol. The summed E-state index contributed by atoms with van der Waals surface area (Å²) in [7, 11) is -2.79. The van der Waals surface area contributed by atoms with Crippen LogP contribution in [0.15, 0.2) is 48.5 Å². The minimum Gasteiger partial charge on any atom is -0.380 e. The summed E-state index contributed by atoms with van der Waals surface area (Å²) in [6, 6.07) is 15.6. The van der Waals surface area contributed by atoms with Gasteiger partial charge in [0.25, 0.3) is 0 Å². The quantitative estimate of drug-likeness (QED) is 0.110. The van der Waals surface area contributed by atoms with Gasteiger partial charge in [-0.15, -0.1) is 0 Å². The van der Waals surface area contributed by atoms with E-state index in [1.54, 1.807) is 0 Å². The summed E-state index contributed by atoms with van der Waals surface area (Å²) in [6.07, 6.45) is 4.18. The molecule has 1 aliphatic rings. The Hall–Kier alpha value is -3.32. The van der Waals surface area contributed by atoms with Crippen LogP contribution in [0.5, 0.6) is 0 Å². The molecule has 1 aliphatic carbocycles. The molecule has 0 bridgehead atoms. The van der Waals surface area contributed by atoms with Crippen molar-refractivity contribution in [1.82, 2.24) is 10.6 Å². The number of carbonyl (C=O) groups is 3. The van der Waals surface area contributed by atoms with Gasteiger partial charge in [0.2, 0.25) is 11.8 Å². The summed E-state index contributed by atoms with van der Waals surface area (Å²) >= 11 is 0. The molecule has 2 aromatic carbocycles. The molecular formula is C34H47N2O8P. The first kappa shape index (κ1) is 37.9. The highest BCUT2D eigenvalue weighted by Crippen LogP contribution is 2.41. The number of hydrogen-bond acceptors (Lipinski definition) is 7. The number of phosphoric acid groups is 1. The number of amides is 2. The Kier molecular flexibility index (Phi) is 18.0. The number of nitrogens with one attached hydrogen (secondary N) is 2. The number of carbonyl (C=O) groups excluding carboxylic acids is 3. The van der Waals surface area contributed by atoms with Gasteiger partial charge >= 0.3 is 7.82 Å². The molecule has 45 heavy (non-hydrogen) atoms. The molecule has 2 aromatic rings. The van der Waals surface area contributed by atoms with E-state index >= 15 is 0 Å². The van der Waals surface area contributed by atoms with Gasteiger partial charge < -0.3 is 20.3 Å². The van der Waals surface area contributed by atoms with E-state index in [1.165, 1.54) is 0 Å². The number of ether oxygens (including phenoxy) is 1. The zero-order chi connectivity index (χ0) is 32.9. The Labute approximate surface area is 267 Å². The number of rotatable bonds is 19. The molecule has 3 rings (SSSR count). The highest BCUT2D eigenvalue weighted by Gasteiger charge is 2.25. The Morgan fingerprint density at radius 2 is 1.42 bits per heavy atom. The number of fused-ring (bicyclic) bond motifs is 2. The summed E-state index contributed by atoms with van der Waals surface area (Å²) < 4.78 is 25.7. The van der Waals surface area contributed by atoms with Crippen molar-refractivity contribution in [2.75, 3.05) is 40.0 Å². The Morgan fingerprint density at radius 3 is 2.13 bits per heavy atom. The molecule has 0 aromatic heterocycles. The largest absolute Gasteiger partial charge is 0.471 e. The van der Waals surface area contributed by atoms with E-state index in [4.69, 9.17) is 14.2 Å². The van der Waals surface area contributed by atoms with Crippen LogP contribution in [0, 0.1) is 11.8 Å². The van der Waals surface area contributed by atoms with Gasteiger partial charge in [0.1, 0.15) is 5.78 Å². The summed E-state index contributed by atoms with van der Waals surface area (Å²) in [5, 5.41) is 5.62. The average Bonchev–Trinajstić information content (AvgIpc) is 3.04. The van der Waals surface area contributed by atoms with Gasteiger partial charge in [-0.3, -0.25) is 23.4 Å². The molecule has 0 saturated carbocycles. The van der Waals surface area contributed by atoms with Gasteiger partial charge in [-0.2, -0.15) is 0 Å². The summed E-state index contributed by atoms with van der Waals surface area (Å²) in [6.45, 7) is 5.31. The van der Waals surface area contributed by atoms with Gasteiger partial charge in [-0.25, -0.2) is 4.57 Å². The molecule has 10 nitrogen and oxygen atoms in total. The Morgan fingerprint density at radius 1 is 0.822 bits per heavy atom. The fraction of sp³-hybridized carbons (Fsp3) is 0.500. The monoisotopic (exact) mass is 642 g/mol. The first-order valence-electron chi connectivity index (χ1n) is 15.6. The van der Waals surface area contributed by atoms with Gasteiger partial charge in [-0.1, -0.05) is 74.9 Å². The van der Waals surface area contributed by atoms with E-state index in [1.807, 2.05) is 62.4 Å². The SMILES string of the molecule is CC.COP(=O)(O)OCCCCCCNC(=O)CCOCCC(=O)NCCC(=O)C1Cc2ccccc2C#Cc2ccccc21. The van der Waals surface area contributed by atoms with Crippen molar-refractivity contribution in [3.05, 3.63) is 70.8 Å². The van der Waals surface area contributed by atoms with Crippen molar-refractivity contribution < 1.29 is 37.6 Å². The molecule has 3 N–H and O–H groups in total. The molecule has 2 atom stereocenters. The molecule has 0 spiro atoms. The van der Waals surface area contributed by atoms with Crippen LogP contribution in [-0.2, 0) is 39.2 Å². The van der Waals surface area contributed by atoms with E-state index in [9.17, 15) is 18.9 Å². The lowest BCUT2D eigenvalue weighted by molar-refractivity contribution is -0.122. The first-order valence-corrected chi connectivity index (χ1v) is 17.1. The van der Waals surface area contributed by atoms with E-state index in [2.05, 4.69) is 27.0 Å². The van der Waals surface area contributed by atoms with Crippen LogP contribution in [0.2, 0.25) is 0 Å². The van der Waals surface area contributed by atoms with Crippen molar-refractivity contribution in [3.63, 3.8) is 0 Å². The van der Waals surface area contributed by atoms with E-state index in [0.717, 1.165) is 48.6 Å². The number of ketones is 1. The lowest BCUT2D eigenvalue weighted by atomic mass is 9.82. The first-order chi connectivity index (χ1) is 21.8. The predicted octanol–water partition coefficient (Wildman–Crippen LogP) is 5.06.